The van der Waals surface area contributed by atoms with Gasteiger partial charge in [-0.05, 0) is 32.1 Å². The maximum absolute atomic E-state index is 11.7. The maximum atomic E-state index is 11.7. The van der Waals surface area contributed by atoms with Crippen LogP contribution < -0.4 is 0 Å². The van der Waals surface area contributed by atoms with Crippen molar-refractivity contribution < 1.29 is 9.53 Å². The fourth-order valence-electron chi connectivity index (χ4n) is 1.79. The topological polar surface area (TPSA) is 52.1 Å². The molecule has 1 fully saturated rings. The van der Waals surface area contributed by atoms with E-state index < -0.39 is 0 Å². The lowest BCUT2D eigenvalue weighted by Crippen LogP contribution is -2.12. The lowest BCUT2D eigenvalue weighted by molar-refractivity contribution is 0.0524. The minimum Gasteiger partial charge on any atom is -0.462 e. The van der Waals surface area contributed by atoms with Gasteiger partial charge in [-0.1, -0.05) is 6.92 Å². The van der Waals surface area contributed by atoms with E-state index >= 15 is 0 Å². The molecule has 0 aliphatic heterocycles. The molecule has 1 aromatic heterocycles. The summed E-state index contributed by atoms with van der Waals surface area (Å²) in [7, 11) is 0. The summed E-state index contributed by atoms with van der Waals surface area (Å²) in [5, 5.41) is 0. The summed E-state index contributed by atoms with van der Waals surface area (Å²) in [6.45, 7) is 4.17. The van der Waals surface area contributed by atoms with Crippen LogP contribution >= 0.6 is 0 Å². The number of hydrogen-bond donors (Lipinski definition) is 0. The highest BCUT2D eigenvalue weighted by atomic mass is 16.5. The van der Waals surface area contributed by atoms with Crippen LogP contribution in [-0.4, -0.2) is 22.5 Å². The van der Waals surface area contributed by atoms with Crippen LogP contribution in [0.2, 0.25) is 0 Å². The van der Waals surface area contributed by atoms with Crippen molar-refractivity contribution >= 4 is 5.97 Å². The minimum absolute atomic E-state index is 0.317. The van der Waals surface area contributed by atoms with Crippen LogP contribution in [0.15, 0.2) is 6.20 Å². The molecular weight excluding hydrogens is 216 g/mol. The molecule has 0 spiro atoms. The Kier molecular flexibility index (Phi) is 3.71. The third-order valence-corrected chi connectivity index (χ3v) is 2.92. The van der Waals surface area contributed by atoms with Crippen molar-refractivity contribution in [2.75, 3.05) is 6.61 Å². The Hall–Kier alpha value is -1.45. The number of ether oxygens (including phenoxy) is 1. The number of aryl methyl sites for hydroxylation is 1. The van der Waals surface area contributed by atoms with Crippen LogP contribution in [0.3, 0.4) is 0 Å². The fraction of sp³-hybridized carbons (Fsp3) is 0.615. The molecule has 4 nitrogen and oxygen atoms in total. The summed E-state index contributed by atoms with van der Waals surface area (Å²) in [6.07, 6.45) is 5.85. The van der Waals surface area contributed by atoms with E-state index in [1.807, 2.05) is 6.92 Å². The van der Waals surface area contributed by atoms with Gasteiger partial charge in [-0.2, -0.15) is 0 Å². The second-order valence-electron chi connectivity index (χ2n) is 4.37. The third-order valence-electron chi connectivity index (χ3n) is 2.92. The third kappa shape index (κ3) is 3.02. The van der Waals surface area contributed by atoms with Crippen LogP contribution in [0.5, 0.6) is 0 Å². The molecule has 0 radical (unpaired) electrons. The summed E-state index contributed by atoms with van der Waals surface area (Å²) in [5.74, 6) is 1.30. The zero-order valence-corrected chi connectivity index (χ0v) is 10.4. The van der Waals surface area contributed by atoms with Gasteiger partial charge in [0.2, 0.25) is 0 Å². The molecule has 92 valence electrons. The van der Waals surface area contributed by atoms with Crippen LogP contribution in [0.25, 0.3) is 0 Å². The number of carbonyl (C=O) groups excluding carboxylic acids is 1. The molecule has 1 saturated carbocycles. The van der Waals surface area contributed by atoms with Crippen LogP contribution in [0.4, 0.5) is 0 Å². The van der Waals surface area contributed by atoms with E-state index in [0.717, 1.165) is 30.3 Å². The van der Waals surface area contributed by atoms with Gasteiger partial charge in [0.15, 0.2) is 0 Å². The molecule has 1 aromatic rings. The SMILES string of the molecule is CCOC(=O)c1cnc(CC2CC2)nc1CC. The standard InChI is InChI=1S/C13H18N2O2/c1-3-11-10(13(16)17-4-2)8-14-12(15-11)7-9-5-6-9/h8-9H,3-7H2,1-2H3. The average molecular weight is 234 g/mol. The zero-order valence-electron chi connectivity index (χ0n) is 10.4. The summed E-state index contributed by atoms with van der Waals surface area (Å²) >= 11 is 0. The van der Waals surface area contributed by atoms with Crippen LogP contribution in [-0.2, 0) is 17.6 Å². The molecule has 0 N–H and O–H groups in total. The van der Waals surface area contributed by atoms with Crippen LogP contribution in [0, 0.1) is 5.92 Å². The predicted octanol–water partition coefficient (Wildman–Crippen LogP) is 2.17. The lowest BCUT2D eigenvalue weighted by Gasteiger charge is -2.07. The Morgan fingerprint density at radius 3 is 2.82 bits per heavy atom. The molecule has 1 aliphatic rings. The number of hydrogen-bond acceptors (Lipinski definition) is 4. The van der Waals surface area contributed by atoms with Crippen molar-refractivity contribution in [3.8, 4) is 0 Å². The number of esters is 1. The molecule has 17 heavy (non-hydrogen) atoms. The minimum atomic E-state index is -0.317. The molecule has 2 rings (SSSR count). The first-order valence-corrected chi connectivity index (χ1v) is 6.26. The lowest BCUT2D eigenvalue weighted by atomic mass is 10.2. The first-order chi connectivity index (χ1) is 8.24. The quantitative estimate of drug-likeness (QED) is 0.733. The average Bonchev–Trinajstić information content (AvgIpc) is 3.13. The highest BCUT2D eigenvalue weighted by Crippen LogP contribution is 2.31. The zero-order chi connectivity index (χ0) is 12.3. The van der Waals surface area contributed by atoms with Crippen molar-refractivity contribution in [3.05, 3.63) is 23.3 Å². The van der Waals surface area contributed by atoms with E-state index in [1.165, 1.54) is 12.8 Å². The Morgan fingerprint density at radius 1 is 1.47 bits per heavy atom. The van der Waals surface area contributed by atoms with Gasteiger partial charge in [-0.25, -0.2) is 14.8 Å². The van der Waals surface area contributed by atoms with E-state index in [4.69, 9.17) is 4.74 Å². The van der Waals surface area contributed by atoms with Gasteiger partial charge in [0.1, 0.15) is 5.82 Å². The molecule has 0 saturated heterocycles. The van der Waals surface area contributed by atoms with Gasteiger partial charge in [-0.3, -0.25) is 0 Å². The molecular formula is C13H18N2O2. The van der Waals surface area contributed by atoms with E-state index in [9.17, 15) is 4.79 Å². The Balaban J connectivity index is 2.17. The van der Waals surface area contributed by atoms with Gasteiger partial charge in [0, 0.05) is 12.6 Å². The smallest absolute Gasteiger partial charge is 0.341 e. The first-order valence-electron chi connectivity index (χ1n) is 6.26. The Bertz CT molecular complexity index is 414. The summed E-state index contributed by atoms with van der Waals surface area (Å²) in [6, 6.07) is 0. The highest BCUT2D eigenvalue weighted by Gasteiger charge is 2.23. The monoisotopic (exact) mass is 234 g/mol. The van der Waals surface area contributed by atoms with Crippen molar-refractivity contribution in [3.63, 3.8) is 0 Å². The number of aromatic nitrogens is 2. The van der Waals surface area contributed by atoms with E-state index in [0.29, 0.717) is 12.2 Å². The molecule has 0 unspecified atom stereocenters. The number of rotatable bonds is 5. The van der Waals surface area contributed by atoms with Crippen LogP contribution in [0.1, 0.15) is 48.6 Å². The van der Waals surface area contributed by atoms with Crippen molar-refractivity contribution in [1.29, 1.82) is 0 Å². The summed E-state index contributed by atoms with van der Waals surface area (Å²) in [5.41, 5.74) is 1.31. The van der Waals surface area contributed by atoms with E-state index in [1.54, 1.807) is 13.1 Å². The van der Waals surface area contributed by atoms with Gasteiger partial charge in [0.05, 0.1) is 17.9 Å². The Labute approximate surface area is 101 Å². The normalized spacial score (nSPS) is 14.7. The molecule has 0 amide bonds. The second-order valence-corrected chi connectivity index (χ2v) is 4.37. The second kappa shape index (κ2) is 5.25. The first kappa shape index (κ1) is 12.0. The van der Waals surface area contributed by atoms with E-state index in [-0.39, 0.29) is 5.97 Å². The van der Waals surface area contributed by atoms with Crippen molar-refractivity contribution in [2.45, 2.75) is 39.5 Å². The Morgan fingerprint density at radius 2 is 2.24 bits per heavy atom. The largest absolute Gasteiger partial charge is 0.462 e. The van der Waals surface area contributed by atoms with Gasteiger partial charge < -0.3 is 4.74 Å². The van der Waals surface area contributed by atoms with Gasteiger partial charge >= 0.3 is 5.97 Å². The predicted molar refractivity (Wildman–Crippen MR) is 63.8 cm³/mol. The molecule has 4 heteroatoms. The molecule has 0 bridgehead atoms. The van der Waals surface area contributed by atoms with Crippen molar-refractivity contribution in [1.82, 2.24) is 9.97 Å². The summed E-state index contributed by atoms with van der Waals surface area (Å²) < 4.78 is 4.98. The van der Waals surface area contributed by atoms with E-state index in [2.05, 4.69) is 9.97 Å². The van der Waals surface area contributed by atoms with Gasteiger partial charge in [-0.15, -0.1) is 0 Å². The van der Waals surface area contributed by atoms with Crippen molar-refractivity contribution in [2.24, 2.45) is 5.92 Å². The summed E-state index contributed by atoms with van der Waals surface area (Å²) in [4.78, 5) is 20.4. The molecule has 1 heterocycles. The van der Waals surface area contributed by atoms with Gasteiger partial charge in [0.25, 0.3) is 0 Å². The maximum Gasteiger partial charge on any atom is 0.341 e. The molecule has 0 aromatic carbocycles. The fourth-order valence-corrected chi connectivity index (χ4v) is 1.79. The number of nitrogens with zero attached hydrogens (tertiary/aromatic N) is 2. The number of carbonyl (C=O) groups is 1. The highest BCUT2D eigenvalue weighted by molar-refractivity contribution is 5.90. The molecule has 1 aliphatic carbocycles. The molecule has 0 atom stereocenters.